The summed E-state index contributed by atoms with van der Waals surface area (Å²) in [4.78, 5) is 23.2. The Labute approximate surface area is 155 Å². The second-order valence-electron chi connectivity index (χ2n) is 5.57. The van der Waals surface area contributed by atoms with Crippen molar-refractivity contribution in [2.75, 3.05) is 11.9 Å². The number of anilines is 1. The average Bonchev–Trinajstić information content (AvgIpc) is 2.56. The molecule has 0 aliphatic heterocycles. The van der Waals surface area contributed by atoms with E-state index in [1.54, 1.807) is 31.2 Å². The summed E-state index contributed by atoms with van der Waals surface area (Å²) in [7, 11) is 0. The zero-order chi connectivity index (χ0) is 18.6. The minimum atomic E-state index is -0.565. The Morgan fingerprint density at radius 3 is 2.36 bits per heavy atom. The molecule has 0 spiro atoms. The lowest BCUT2D eigenvalue weighted by Crippen LogP contribution is -2.30. The molecule has 0 fully saturated rings. The predicted octanol–water partition coefficient (Wildman–Crippen LogP) is 4.62. The Hall–Kier alpha value is -1.95. The summed E-state index contributed by atoms with van der Waals surface area (Å²) in [6.45, 7) is 3.25. The Morgan fingerprint density at radius 2 is 1.76 bits per heavy atom. The van der Waals surface area contributed by atoms with Gasteiger partial charge in [-0.3, -0.25) is 9.59 Å². The van der Waals surface area contributed by atoms with Crippen LogP contribution in [0.4, 0.5) is 10.1 Å². The van der Waals surface area contributed by atoms with E-state index in [2.05, 4.69) is 10.6 Å². The molecule has 2 rings (SSSR count). The number of halogens is 3. The van der Waals surface area contributed by atoms with Crippen LogP contribution in [0.1, 0.15) is 35.8 Å². The molecule has 0 heterocycles. The molecule has 4 nitrogen and oxygen atoms in total. The van der Waals surface area contributed by atoms with Crippen LogP contribution in [0.15, 0.2) is 36.4 Å². The SMILES string of the molecule is CC(=O)c1ccc(NC(=O)CN[C@H](C)c2cc(F)c(Cl)cc2Cl)cc1. The third-order valence-corrected chi connectivity index (χ3v) is 4.27. The highest BCUT2D eigenvalue weighted by Crippen LogP contribution is 2.28. The quantitative estimate of drug-likeness (QED) is 0.565. The van der Waals surface area contributed by atoms with Crippen LogP contribution >= 0.6 is 23.2 Å². The minimum Gasteiger partial charge on any atom is -0.325 e. The molecule has 0 unspecified atom stereocenters. The van der Waals surface area contributed by atoms with Gasteiger partial charge in [0.25, 0.3) is 0 Å². The Kier molecular flexibility index (Phi) is 6.53. The molecule has 0 saturated carbocycles. The standard InChI is InChI=1S/C18H17Cl2FN2O2/c1-10(14-7-17(21)16(20)8-15(14)19)22-9-18(25)23-13-5-3-12(4-6-13)11(2)24/h3-8,10,22H,9H2,1-2H3,(H,23,25)/t10-/m1/s1. The molecular weight excluding hydrogens is 366 g/mol. The van der Waals surface area contributed by atoms with E-state index in [4.69, 9.17) is 23.2 Å². The summed E-state index contributed by atoms with van der Waals surface area (Å²) >= 11 is 11.7. The van der Waals surface area contributed by atoms with E-state index in [1.807, 2.05) is 0 Å². The predicted molar refractivity (Wildman–Crippen MR) is 97.9 cm³/mol. The molecule has 0 radical (unpaired) electrons. The minimum absolute atomic E-state index is 0.0101. The van der Waals surface area contributed by atoms with Gasteiger partial charge in [-0.15, -0.1) is 0 Å². The summed E-state index contributed by atoms with van der Waals surface area (Å²) in [5.41, 5.74) is 1.67. The van der Waals surface area contributed by atoms with E-state index in [1.165, 1.54) is 19.1 Å². The summed E-state index contributed by atoms with van der Waals surface area (Å²) in [5.74, 6) is -0.877. The number of hydrogen-bond acceptors (Lipinski definition) is 3. The Balaban J connectivity index is 1.93. The lowest BCUT2D eigenvalue weighted by atomic mass is 10.1. The normalized spacial score (nSPS) is 11.9. The van der Waals surface area contributed by atoms with Gasteiger partial charge in [0.2, 0.25) is 5.91 Å². The first-order valence-corrected chi connectivity index (χ1v) is 8.32. The highest BCUT2D eigenvalue weighted by molar-refractivity contribution is 6.35. The molecule has 0 aromatic heterocycles. The van der Waals surface area contributed by atoms with Gasteiger partial charge in [-0.25, -0.2) is 4.39 Å². The van der Waals surface area contributed by atoms with Crippen LogP contribution in [0.2, 0.25) is 10.0 Å². The number of hydrogen-bond donors (Lipinski definition) is 2. The summed E-state index contributed by atoms with van der Waals surface area (Å²) in [6, 6.07) is 8.84. The van der Waals surface area contributed by atoms with E-state index in [0.29, 0.717) is 21.8 Å². The molecule has 0 aliphatic carbocycles. The molecule has 2 aromatic carbocycles. The van der Waals surface area contributed by atoms with Crippen molar-refractivity contribution >= 4 is 40.6 Å². The molecule has 132 valence electrons. The van der Waals surface area contributed by atoms with Crippen LogP contribution < -0.4 is 10.6 Å². The first kappa shape index (κ1) is 19.4. The van der Waals surface area contributed by atoms with Gasteiger partial charge in [-0.1, -0.05) is 23.2 Å². The van der Waals surface area contributed by atoms with Crippen molar-refractivity contribution < 1.29 is 14.0 Å². The molecule has 2 N–H and O–H groups in total. The second kappa shape index (κ2) is 8.43. The number of carbonyl (C=O) groups is 2. The van der Waals surface area contributed by atoms with Crippen molar-refractivity contribution in [2.24, 2.45) is 0 Å². The van der Waals surface area contributed by atoms with Crippen molar-refractivity contribution in [1.29, 1.82) is 0 Å². The molecule has 0 saturated heterocycles. The van der Waals surface area contributed by atoms with Gasteiger partial charge in [0.1, 0.15) is 5.82 Å². The van der Waals surface area contributed by atoms with Gasteiger partial charge >= 0.3 is 0 Å². The molecule has 0 aliphatic rings. The molecule has 0 bridgehead atoms. The number of benzene rings is 2. The molecule has 25 heavy (non-hydrogen) atoms. The third-order valence-electron chi connectivity index (χ3n) is 3.65. The van der Waals surface area contributed by atoms with E-state index in [0.717, 1.165) is 0 Å². The lowest BCUT2D eigenvalue weighted by molar-refractivity contribution is -0.115. The lowest BCUT2D eigenvalue weighted by Gasteiger charge is -2.16. The van der Waals surface area contributed by atoms with Gasteiger partial charge in [0.05, 0.1) is 11.6 Å². The van der Waals surface area contributed by atoms with Gasteiger partial charge < -0.3 is 10.6 Å². The number of nitrogens with one attached hydrogen (secondary N) is 2. The van der Waals surface area contributed by atoms with Crippen molar-refractivity contribution in [3.8, 4) is 0 Å². The zero-order valence-electron chi connectivity index (χ0n) is 13.7. The van der Waals surface area contributed by atoms with Crippen molar-refractivity contribution in [3.63, 3.8) is 0 Å². The van der Waals surface area contributed by atoms with E-state index >= 15 is 0 Å². The molecule has 7 heteroatoms. The first-order valence-electron chi connectivity index (χ1n) is 7.56. The summed E-state index contributed by atoms with van der Waals surface area (Å²) in [6.07, 6.45) is 0. The summed E-state index contributed by atoms with van der Waals surface area (Å²) < 4.78 is 13.6. The van der Waals surface area contributed by atoms with E-state index in [9.17, 15) is 14.0 Å². The highest BCUT2D eigenvalue weighted by atomic mass is 35.5. The van der Waals surface area contributed by atoms with Crippen molar-refractivity contribution in [1.82, 2.24) is 5.32 Å². The fraction of sp³-hybridized carbons (Fsp3) is 0.222. The van der Waals surface area contributed by atoms with Crippen LogP contribution in [0, 0.1) is 5.82 Å². The summed E-state index contributed by atoms with van der Waals surface area (Å²) in [5, 5.41) is 5.96. The molecule has 1 atom stereocenters. The number of amides is 1. The number of Topliss-reactive ketones (excluding diaryl/α,β-unsaturated/α-hetero) is 1. The molecule has 2 aromatic rings. The van der Waals surface area contributed by atoms with Crippen molar-refractivity contribution in [3.05, 3.63) is 63.4 Å². The number of ketones is 1. The van der Waals surface area contributed by atoms with E-state index < -0.39 is 5.82 Å². The van der Waals surface area contributed by atoms with Gasteiger partial charge in [0.15, 0.2) is 5.78 Å². The van der Waals surface area contributed by atoms with Crippen LogP contribution in [-0.2, 0) is 4.79 Å². The Bertz CT molecular complexity index is 794. The fourth-order valence-corrected chi connectivity index (χ4v) is 2.77. The maximum Gasteiger partial charge on any atom is 0.238 e. The van der Waals surface area contributed by atoms with Crippen LogP contribution in [0.25, 0.3) is 0 Å². The fourth-order valence-electron chi connectivity index (χ4n) is 2.22. The first-order chi connectivity index (χ1) is 11.8. The van der Waals surface area contributed by atoms with Gasteiger partial charge in [-0.2, -0.15) is 0 Å². The third kappa shape index (κ3) is 5.26. The van der Waals surface area contributed by atoms with Gasteiger partial charge in [-0.05, 0) is 55.8 Å². The maximum absolute atomic E-state index is 13.6. The second-order valence-corrected chi connectivity index (χ2v) is 6.39. The average molecular weight is 383 g/mol. The largest absolute Gasteiger partial charge is 0.325 e. The monoisotopic (exact) mass is 382 g/mol. The number of rotatable bonds is 6. The smallest absolute Gasteiger partial charge is 0.238 e. The van der Waals surface area contributed by atoms with Crippen LogP contribution in [-0.4, -0.2) is 18.2 Å². The van der Waals surface area contributed by atoms with Crippen LogP contribution in [0.5, 0.6) is 0 Å². The maximum atomic E-state index is 13.6. The van der Waals surface area contributed by atoms with E-state index in [-0.39, 0.29) is 29.3 Å². The van der Waals surface area contributed by atoms with Crippen LogP contribution in [0.3, 0.4) is 0 Å². The zero-order valence-corrected chi connectivity index (χ0v) is 15.2. The topological polar surface area (TPSA) is 58.2 Å². The highest BCUT2D eigenvalue weighted by Gasteiger charge is 2.14. The Morgan fingerprint density at radius 1 is 1.12 bits per heavy atom. The molecule has 1 amide bonds. The van der Waals surface area contributed by atoms with Crippen molar-refractivity contribution in [2.45, 2.75) is 19.9 Å². The number of carbonyl (C=O) groups excluding carboxylic acids is 2. The molecular formula is C18H17Cl2FN2O2. The van der Waals surface area contributed by atoms with Gasteiger partial charge in [0, 0.05) is 22.3 Å².